The van der Waals surface area contributed by atoms with Crippen LogP contribution in [-0.2, 0) is 11.3 Å². The number of rotatable bonds is 6. The van der Waals surface area contributed by atoms with E-state index in [1.54, 1.807) is 18.2 Å². The molecule has 0 spiro atoms. The zero-order valence-corrected chi connectivity index (χ0v) is 15.9. The summed E-state index contributed by atoms with van der Waals surface area (Å²) < 4.78 is 7.84. The smallest absolute Gasteiger partial charge is 0.343 e. The van der Waals surface area contributed by atoms with Gasteiger partial charge in [-0.05, 0) is 24.3 Å². The summed E-state index contributed by atoms with van der Waals surface area (Å²) in [5, 5.41) is 0. The van der Waals surface area contributed by atoms with Crippen molar-refractivity contribution in [3.8, 4) is 0 Å². The number of ether oxygens (including phenoxy) is 1. The Kier molecular flexibility index (Phi) is 5.34. The van der Waals surface area contributed by atoms with Crippen LogP contribution in [0.25, 0.3) is 22.9 Å². The summed E-state index contributed by atoms with van der Waals surface area (Å²) in [4.78, 5) is 17.4. The summed E-state index contributed by atoms with van der Waals surface area (Å²) >= 11 is 0. The zero-order valence-electron chi connectivity index (χ0n) is 15.9. The first-order valence-electron chi connectivity index (χ1n) is 9.37. The lowest BCUT2D eigenvalue weighted by Gasteiger charge is -2.10. The second kappa shape index (κ2) is 8.40. The Labute approximate surface area is 169 Å². The summed E-state index contributed by atoms with van der Waals surface area (Å²) in [5.41, 5.74) is 3.17. The van der Waals surface area contributed by atoms with Gasteiger partial charge in [-0.3, -0.25) is 0 Å². The van der Waals surface area contributed by atoms with Crippen LogP contribution in [0.1, 0.15) is 21.7 Å². The first-order chi connectivity index (χ1) is 14.3. The van der Waals surface area contributed by atoms with Crippen LogP contribution in [0, 0.1) is 0 Å². The van der Waals surface area contributed by atoms with Gasteiger partial charge in [-0.25, -0.2) is 9.78 Å². The lowest BCUT2D eigenvalue weighted by Crippen LogP contribution is -2.05. The van der Waals surface area contributed by atoms with E-state index < -0.39 is 5.97 Å². The fourth-order valence-electron chi connectivity index (χ4n) is 3.15. The molecule has 1 aromatic heterocycles. The SMILES string of the molecule is C=CCn1c(C=C(OC(=O)c2ccccc2)c2ccccc2)nc2ccccc21. The number of fused-ring (bicyclic) bond motifs is 1. The van der Waals surface area contributed by atoms with E-state index in [1.807, 2.05) is 83.4 Å². The number of esters is 1. The Hall–Kier alpha value is -3.92. The Bertz CT molecular complexity index is 1180. The Morgan fingerprint density at radius 3 is 2.21 bits per heavy atom. The van der Waals surface area contributed by atoms with Gasteiger partial charge in [0.2, 0.25) is 0 Å². The molecule has 4 aromatic rings. The molecule has 4 nitrogen and oxygen atoms in total. The largest absolute Gasteiger partial charge is 0.422 e. The summed E-state index contributed by atoms with van der Waals surface area (Å²) in [5.74, 6) is 0.734. The number of benzene rings is 3. The maximum Gasteiger partial charge on any atom is 0.343 e. The molecule has 3 aromatic carbocycles. The van der Waals surface area contributed by atoms with Gasteiger partial charge in [0.05, 0.1) is 16.6 Å². The second-order valence-corrected chi connectivity index (χ2v) is 6.49. The molecule has 0 unspecified atom stereocenters. The highest BCUT2D eigenvalue weighted by atomic mass is 16.5. The van der Waals surface area contributed by atoms with Crippen LogP contribution in [0.3, 0.4) is 0 Å². The van der Waals surface area contributed by atoms with Crippen molar-refractivity contribution in [2.24, 2.45) is 0 Å². The number of aromatic nitrogens is 2. The average molecular weight is 380 g/mol. The maximum absolute atomic E-state index is 12.7. The van der Waals surface area contributed by atoms with Gasteiger partial charge in [0.15, 0.2) is 0 Å². The third-order valence-corrected chi connectivity index (χ3v) is 4.53. The van der Waals surface area contributed by atoms with Crippen molar-refractivity contribution >= 4 is 28.8 Å². The molecule has 4 rings (SSSR count). The van der Waals surface area contributed by atoms with Gasteiger partial charge in [0, 0.05) is 18.2 Å². The van der Waals surface area contributed by atoms with Crippen molar-refractivity contribution in [1.82, 2.24) is 9.55 Å². The van der Waals surface area contributed by atoms with Crippen LogP contribution < -0.4 is 0 Å². The molecular formula is C25H20N2O2. The minimum Gasteiger partial charge on any atom is -0.422 e. The number of hydrogen-bond acceptors (Lipinski definition) is 3. The third-order valence-electron chi connectivity index (χ3n) is 4.53. The van der Waals surface area contributed by atoms with E-state index in [9.17, 15) is 4.79 Å². The van der Waals surface area contributed by atoms with E-state index >= 15 is 0 Å². The number of nitrogens with zero attached hydrogens (tertiary/aromatic N) is 2. The van der Waals surface area contributed by atoms with Crippen molar-refractivity contribution in [3.63, 3.8) is 0 Å². The first kappa shape index (κ1) is 18.4. The van der Waals surface area contributed by atoms with Gasteiger partial charge in [0.25, 0.3) is 0 Å². The fourth-order valence-corrected chi connectivity index (χ4v) is 3.15. The molecule has 0 saturated heterocycles. The Morgan fingerprint density at radius 2 is 1.52 bits per heavy atom. The Morgan fingerprint density at radius 1 is 0.897 bits per heavy atom. The van der Waals surface area contributed by atoms with Gasteiger partial charge in [0.1, 0.15) is 11.6 Å². The normalized spacial score (nSPS) is 11.4. The van der Waals surface area contributed by atoms with Crippen LogP contribution >= 0.6 is 0 Å². The standard InChI is InChI=1S/C25H20N2O2/c1-2-17-27-22-16-10-9-15-21(22)26-24(27)18-23(19-11-5-3-6-12-19)29-25(28)20-13-7-4-8-14-20/h2-16,18H,1,17H2. The van der Waals surface area contributed by atoms with Gasteiger partial charge in [-0.1, -0.05) is 66.7 Å². The van der Waals surface area contributed by atoms with Crippen LogP contribution in [0.4, 0.5) is 0 Å². The van der Waals surface area contributed by atoms with Gasteiger partial charge in [-0.15, -0.1) is 6.58 Å². The third kappa shape index (κ3) is 4.01. The van der Waals surface area contributed by atoms with Gasteiger partial charge in [-0.2, -0.15) is 0 Å². The van der Waals surface area contributed by atoms with Crippen molar-refractivity contribution in [2.45, 2.75) is 6.54 Å². The van der Waals surface area contributed by atoms with E-state index in [2.05, 4.69) is 6.58 Å². The summed E-state index contributed by atoms with van der Waals surface area (Å²) in [6.07, 6.45) is 3.63. The topological polar surface area (TPSA) is 44.1 Å². The fraction of sp³-hybridized carbons (Fsp3) is 0.0400. The van der Waals surface area contributed by atoms with E-state index in [4.69, 9.17) is 9.72 Å². The lowest BCUT2D eigenvalue weighted by atomic mass is 10.1. The highest BCUT2D eigenvalue weighted by Crippen LogP contribution is 2.24. The number of imidazole rings is 1. The quantitative estimate of drug-likeness (QED) is 0.249. The molecule has 0 bridgehead atoms. The van der Waals surface area contributed by atoms with Crippen LogP contribution in [0.2, 0.25) is 0 Å². The molecule has 0 fully saturated rings. The zero-order chi connectivity index (χ0) is 20.1. The molecule has 142 valence electrons. The van der Waals surface area contributed by atoms with E-state index in [-0.39, 0.29) is 0 Å². The van der Waals surface area contributed by atoms with Crippen molar-refractivity contribution in [3.05, 3.63) is 115 Å². The van der Waals surface area contributed by atoms with Gasteiger partial charge < -0.3 is 9.30 Å². The molecule has 0 N–H and O–H groups in total. The summed E-state index contributed by atoms with van der Waals surface area (Å²) in [6.45, 7) is 4.45. The molecule has 0 amide bonds. The number of hydrogen-bond donors (Lipinski definition) is 0. The molecule has 0 atom stereocenters. The molecule has 0 aliphatic rings. The predicted octanol–water partition coefficient (Wildman–Crippen LogP) is 5.58. The molecule has 0 saturated carbocycles. The summed E-state index contributed by atoms with van der Waals surface area (Å²) in [6, 6.07) is 26.4. The summed E-state index contributed by atoms with van der Waals surface area (Å²) in [7, 11) is 0. The van der Waals surface area contributed by atoms with Crippen LogP contribution in [0.15, 0.2) is 97.6 Å². The molecule has 1 heterocycles. The monoisotopic (exact) mass is 380 g/mol. The Balaban J connectivity index is 1.80. The van der Waals surface area contributed by atoms with Crippen LogP contribution in [0.5, 0.6) is 0 Å². The lowest BCUT2D eigenvalue weighted by molar-refractivity contribution is 0.0693. The number of para-hydroxylation sites is 2. The number of carbonyl (C=O) groups excluding carboxylic acids is 1. The van der Waals surface area contributed by atoms with Crippen molar-refractivity contribution in [2.75, 3.05) is 0 Å². The highest BCUT2D eigenvalue weighted by molar-refractivity contribution is 5.95. The van der Waals surface area contributed by atoms with E-state index in [0.29, 0.717) is 23.7 Å². The minimum atomic E-state index is -0.410. The molecule has 29 heavy (non-hydrogen) atoms. The molecular weight excluding hydrogens is 360 g/mol. The number of allylic oxidation sites excluding steroid dienone is 1. The predicted molar refractivity (Wildman–Crippen MR) is 116 cm³/mol. The van der Waals surface area contributed by atoms with E-state index in [1.165, 1.54) is 0 Å². The maximum atomic E-state index is 12.7. The van der Waals surface area contributed by atoms with Crippen molar-refractivity contribution in [1.29, 1.82) is 0 Å². The minimum absolute atomic E-state index is 0.410. The highest BCUT2D eigenvalue weighted by Gasteiger charge is 2.15. The second-order valence-electron chi connectivity index (χ2n) is 6.49. The molecule has 0 aliphatic heterocycles. The average Bonchev–Trinajstić information content (AvgIpc) is 3.12. The van der Waals surface area contributed by atoms with Crippen LogP contribution in [-0.4, -0.2) is 15.5 Å². The van der Waals surface area contributed by atoms with Crippen molar-refractivity contribution < 1.29 is 9.53 Å². The number of carbonyl (C=O) groups is 1. The van der Waals surface area contributed by atoms with Gasteiger partial charge >= 0.3 is 5.97 Å². The molecule has 0 aliphatic carbocycles. The first-order valence-corrected chi connectivity index (χ1v) is 9.37. The molecule has 4 heteroatoms. The molecule has 0 radical (unpaired) electrons. The van der Waals surface area contributed by atoms with E-state index in [0.717, 1.165) is 16.6 Å².